The monoisotopic (exact) mass is 412 g/mol. The first-order valence-electron chi connectivity index (χ1n) is 9.49. The number of likely N-dealkylation sites (tertiary alicyclic amines) is 1. The molecule has 0 aromatic carbocycles. The quantitative estimate of drug-likeness (QED) is 0.735. The molecule has 1 amide bonds. The Kier molecular flexibility index (Phi) is 5.72. The number of rotatable bonds is 4. The molecule has 1 aliphatic heterocycles. The van der Waals surface area contributed by atoms with Crippen molar-refractivity contribution in [3.05, 3.63) is 33.2 Å². The number of carboxylic acid groups (broad SMARTS) is 1. The van der Waals surface area contributed by atoms with E-state index in [-0.39, 0.29) is 43.2 Å². The van der Waals surface area contributed by atoms with Crippen LogP contribution in [0.25, 0.3) is 0 Å². The summed E-state index contributed by atoms with van der Waals surface area (Å²) >= 11 is 6.04. The Morgan fingerprint density at radius 1 is 1.29 bits per heavy atom. The molecule has 1 saturated heterocycles. The highest BCUT2D eigenvalue weighted by Gasteiger charge is 2.55. The Hall–Kier alpha value is -2.06. The van der Waals surface area contributed by atoms with Gasteiger partial charge in [-0.15, -0.1) is 0 Å². The van der Waals surface area contributed by atoms with Gasteiger partial charge in [-0.3, -0.25) is 4.79 Å². The standard InChI is InChI=1S/C19H25ClN2O6/c1-2-28-16(24)13-10-22(15(23)9-14(13)20)12-19(27)7-8-21(17(25)26)11-18(19)5-3-4-6-18/h9-10,27H,2-8,11-12H2,1H3,(H,25,26)/t19-/m1/s1. The molecule has 1 aromatic heterocycles. The molecule has 8 nitrogen and oxygen atoms in total. The molecule has 2 fully saturated rings. The molecule has 154 valence electrons. The summed E-state index contributed by atoms with van der Waals surface area (Å²) in [5, 5.41) is 21.0. The average Bonchev–Trinajstić information content (AvgIpc) is 3.10. The van der Waals surface area contributed by atoms with Crippen LogP contribution >= 0.6 is 11.6 Å². The number of hydrogen-bond acceptors (Lipinski definition) is 5. The van der Waals surface area contributed by atoms with E-state index in [0.717, 1.165) is 18.9 Å². The molecule has 1 aliphatic carbocycles. The second-order valence-electron chi connectivity index (χ2n) is 7.69. The molecule has 9 heteroatoms. The van der Waals surface area contributed by atoms with E-state index < -0.39 is 28.6 Å². The minimum atomic E-state index is -1.25. The van der Waals surface area contributed by atoms with Crippen LogP contribution in [0.2, 0.25) is 5.02 Å². The first-order valence-corrected chi connectivity index (χ1v) is 9.86. The van der Waals surface area contributed by atoms with Crippen molar-refractivity contribution in [1.29, 1.82) is 0 Å². The van der Waals surface area contributed by atoms with Gasteiger partial charge in [0.05, 0.1) is 29.3 Å². The van der Waals surface area contributed by atoms with Crippen LogP contribution in [0, 0.1) is 5.41 Å². The van der Waals surface area contributed by atoms with Gasteiger partial charge in [-0.1, -0.05) is 24.4 Å². The Labute approximate surface area is 167 Å². The number of esters is 1. The van der Waals surface area contributed by atoms with Gasteiger partial charge in [0.1, 0.15) is 0 Å². The summed E-state index contributed by atoms with van der Waals surface area (Å²) in [4.78, 5) is 37.4. The fourth-order valence-electron chi connectivity index (χ4n) is 4.58. The minimum Gasteiger partial charge on any atom is -0.465 e. The molecule has 2 N–H and O–H groups in total. The maximum atomic E-state index is 12.5. The molecule has 2 aliphatic rings. The van der Waals surface area contributed by atoms with Crippen molar-refractivity contribution in [3.63, 3.8) is 0 Å². The third kappa shape index (κ3) is 3.63. The summed E-state index contributed by atoms with van der Waals surface area (Å²) < 4.78 is 6.27. The van der Waals surface area contributed by atoms with Gasteiger partial charge in [-0.25, -0.2) is 9.59 Å². The molecule has 3 rings (SSSR count). The van der Waals surface area contributed by atoms with Crippen LogP contribution in [0.5, 0.6) is 0 Å². The zero-order valence-corrected chi connectivity index (χ0v) is 16.6. The molecule has 28 heavy (non-hydrogen) atoms. The number of piperidine rings is 1. The second-order valence-corrected chi connectivity index (χ2v) is 8.10. The summed E-state index contributed by atoms with van der Waals surface area (Å²) in [5.41, 5.74) is -2.22. The number of hydrogen-bond donors (Lipinski definition) is 2. The number of halogens is 1. The Morgan fingerprint density at radius 2 is 1.96 bits per heavy atom. The first kappa shape index (κ1) is 20.7. The Morgan fingerprint density at radius 3 is 2.57 bits per heavy atom. The number of carbonyl (C=O) groups is 2. The highest BCUT2D eigenvalue weighted by Crippen LogP contribution is 2.51. The number of ether oxygens (including phenoxy) is 1. The SMILES string of the molecule is CCOC(=O)c1cn(C[C@]2(O)CCN(C(=O)O)CC23CCCC3)c(=O)cc1Cl. The number of pyridine rings is 1. The third-order valence-corrected chi connectivity index (χ3v) is 6.42. The summed E-state index contributed by atoms with van der Waals surface area (Å²) in [6.07, 6.45) is 3.75. The second kappa shape index (κ2) is 7.75. The van der Waals surface area contributed by atoms with E-state index in [2.05, 4.69) is 0 Å². The molecular formula is C19H25ClN2O6. The van der Waals surface area contributed by atoms with Gasteiger partial charge in [0, 0.05) is 30.8 Å². The minimum absolute atomic E-state index is 0.00275. The van der Waals surface area contributed by atoms with Crippen molar-refractivity contribution in [2.45, 2.75) is 51.2 Å². The van der Waals surface area contributed by atoms with Crippen molar-refractivity contribution in [2.24, 2.45) is 5.41 Å². The van der Waals surface area contributed by atoms with Crippen LogP contribution in [-0.2, 0) is 11.3 Å². The largest absolute Gasteiger partial charge is 0.465 e. The van der Waals surface area contributed by atoms with Crippen molar-refractivity contribution in [2.75, 3.05) is 19.7 Å². The number of amides is 1. The summed E-state index contributed by atoms with van der Waals surface area (Å²) in [6, 6.07) is 1.14. The highest BCUT2D eigenvalue weighted by molar-refractivity contribution is 6.33. The Balaban J connectivity index is 1.95. The summed E-state index contributed by atoms with van der Waals surface area (Å²) in [5.74, 6) is -0.635. The lowest BCUT2D eigenvalue weighted by Gasteiger charge is -2.51. The zero-order chi connectivity index (χ0) is 20.5. The molecule has 1 saturated carbocycles. The van der Waals surface area contributed by atoms with E-state index in [1.165, 1.54) is 15.7 Å². The van der Waals surface area contributed by atoms with Gasteiger partial charge in [-0.2, -0.15) is 0 Å². The highest BCUT2D eigenvalue weighted by atomic mass is 35.5. The van der Waals surface area contributed by atoms with E-state index in [4.69, 9.17) is 16.3 Å². The van der Waals surface area contributed by atoms with Gasteiger partial charge >= 0.3 is 12.1 Å². The maximum Gasteiger partial charge on any atom is 0.407 e. The van der Waals surface area contributed by atoms with Gasteiger partial charge in [-0.05, 0) is 26.2 Å². The number of aliphatic hydroxyl groups is 1. The van der Waals surface area contributed by atoms with Crippen LogP contribution in [0.4, 0.5) is 4.79 Å². The smallest absolute Gasteiger partial charge is 0.407 e. The fourth-order valence-corrected chi connectivity index (χ4v) is 4.80. The summed E-state index contributed by atoms with van der Waals surface area (Å²) in [6.45, 7) is 2.26. The van der Waals surface area contributed by atoms with E-state index in [9.17, 15) is 24.6 Å². The zero-order valence-electron chi connectivity index (χ0n) is 15.8. The predicted octanol–water partition coefficient (Wildman–Crippen LogP) is 2.35. The Bertz CT molecular complexity index is 832. The van der Waals surface area contributed by atoms with Crippen LogP contribution in [-0.4, -0.2) is 57.0 Å². The van der Waals surface area contributed by atoms with Crippen LogP contribution in [0.15, 0.2) is 17.1 Å². The van der Waals surface area contributed by atoms with E-state index in [1.807, 2.05) is 0 Å². The lowest BCUT2D eigenvalue weighted by molar-refractivity contribution is -0.137. The summed E-state index contributed by atoms with van der Waals surface area (Å²) in [7, 11) is 0. The van der Waals surface area contributed by atoms with Gasteiger partial charge in [0.25, 0.3) is 5.56 Å². The van der Waals surface area contributed by atoms with E-state index in [0.29, 0.717) is 12.8 Å². The predicted molar refractivity (Wildman–Crippen MR) is 102 cm³/mol. The topological polar surface area (TPSA) is 109 Å². The van der Waals surface area contributed by atoms with E-state index in [1.54, 1.807) is 6.92 Å². The average molecular weight is 413 g/mol. The van der Waals surface area contributed by atoms with E-state index >= 15 is 0 Å². The molecule has 1 aromatic rings. The van der Waals surface area contributed by atoms with Crippen molar-refractivity contribution >= 4 is 23.7 Å². The molecular weight excluding hydrogens is 388 g/mol. The molecule has 0 bridgehead atoms. The van der Waals surface area contributed by atoms with Gasteiger partial charge in [0.2, 0.25) is 0 Å². The number of aromatic nitrogens is 1. The lowest BCUT2D eigenvalue weighted by atomic mass is 9.66. The van der Waals surface area contributed by atoms with Crippen LogP contribution in [0.3, 0.4) is 0 Å². The molecule has 0 radical (unpaired) electrons. The van der Waals surface area contributed by atoms with Crippen LogP contribution in [0.1, 0.15) is 49.4 Å². The van der Waals surface area contributed by atoms with Crippen molar-refractivity contribution < 1.29 is 24.5 Å². The maximum absolute atomic E-state index is 12.5. The van der Waals surface area contributed by atoms with Crippen molar-refractivity contribution in [3.8, 4) is 0 Å². The van der Waals surface area contributed by atoms with Crippen LogP contribution < -0.4 is 5.56 Å². The van der Waals surface area contributed by atoms with Gasteiger partial charge in [0.15, 0.2) is 0 Å². The first-order chi connectivity index (χ1) is 13.2. The van der Waals surface area contributed by atoms with Crippen molar-refractivity contribution in [1.82, 2.24) is 9.47 Å². The molecule has 1 atom stereocenters. The molecule has 1 spiro atoms. The number of nitrogens with zero attached hydrogens (tertiary/aromatic N) is 2. The normalized spacial score (nSPS) is 23.8. The lowest BCUT2D eigenvalue weighted by Crippen LogP contribution is -2.62. The number of carbonyl (C=O) groups excluding carboxylic acids is 1. The molecule has 2 heterocycles. The van der Waals surface area contributed by atoms with Gasteiger partial charge < -0.3 is 24.4 Å². The third-order valence-electron chi connectivity index (χ3n) is 6.11. The molecule has 0 unspecified atom stereocenters. The fraction of sp³-hybridized carbons (Fsp3) is 0.632.